The first kappa shape index (κ1) is 24.5. The fourth-order valence-corrected chi connectivity index (χ4v) is 5.01. The van der Waals surface area contributed by atoms with Gasteiger partial charge in [0.05, 0.1) is 30.4 Å². The van der Waals surface area contributed by atoms with Gasteiger partial charge in [-0.25, -0.2) is 19.2 Å². The number of H-pyrrole nitrogens is 1. The number of hydrogen-bond donors (Lipinski definition) is 2. The average Bonchev–Trinajstić information content (AvgIpc) is 3.31. The number of imidazole rings is 1. The van der Waals surface area contributed by atoms with E-state index in [1.807, 2.05) is 38.2 Å². The summed E-state index contributed by atoms with van der Waals surface area (Å²) in [5.74, 6) is 1.56. The molecule has 3 N–H and O–H groups in total. The average molecular weight is 500 g/mol. The van der Waals surface area contributed by atoms with Crippen LogP contribution < -0.4 is 20.3 Å². The number of aromatic nitrogens is 3. The van der Waals surface area contributed by atoms with Crippen LogP contribution in [0.3, 0.4) is 0 Å². The van der Waals surface area contributed by atoms with Crippen LogP contribution in [0.5, 0.6) is 5.75 Å². The van der Waals surface area contributed by atoms with Crippen LogP contribution in [0.1, 0.15) is 18.4 Å². The summed E-state index contributed by atoms with van der Waals surface area (Å²) in [4.78, 5) is 21.0. The highest BCUT2D eigenvalue weighted by atomic mass is 19.1. The first-order chi connectivity index (χ1) is 17.8. The van der Waals surface area contributed by atoms with Gasteiger partial charge in [-0.2, -0.15) is 0 Å². The van der Waals surface area contributed by atoms with Gasteiger partial charge in [-0.15, -0.1) is 0 Å². The van der Waals surface area contributed by atoms with Gasteiger partial charge < -0.3 is 25.3 Å². The third-order valence-corrected chi connectivity index (χ3v) is 6.79. The lowest BCUT2D eigenvalue weighted by atomic mass is 9.96. The highest BCUT2D eigenvalue weighted by Crippen LogP contribution is 2.45. The molecule has 0 bridgehead atoms. The summed E-state index contributed by atoms with van der Waals surface area (Å²) in [7, 11) is 5.45. The number of anilines is 2. The largest absolute Gasteiger partial charge is 0.496 e. The van der Waals surface area contributed by atoms with E-state index < -0.39 is 0 Å². The Kier molecular flexibility index (Phi) is 6.44. The minimum absolute atomic E-state index is 0.150. The molecule has 4 aromatic rings. The Hall–Kier alpha value is -4.16. The lowest BCUT2D eigenvalue weighted by Crippen LogP contribution is -2.40. The standard InChI is InChI=1S/C28H30FN7O/c1-16-10-17(12-18(29)11-16)21-15-32-28(35(3)4)24(26(21)36-8-6-19(30)7-9-36)27-33-22-13-20(31-2)14-23(37-5)25(22)34-27/h10-15,19H,6-9,30H2,1,3-5H3,(H,33,34). The number of nitrogens with two attached hydrogens (primary N) is 1. The van der Waals surface area contributed by atoms with Crippen molar-refractivity contribution in [1.29, 1.82) is 0 Å². The van der Waals surface area contributed by atoms with E-state index in [1.165, 1.54) is 6.07 Å². The first-order valence-electron chi connectivity index (χ1n) is 12.2. The van der Waals surface area contributed by atoms with Crippen LogP contribution >= 0.6 is 0 Å². The van der Waals surface area contributed by atoms with E-state index in [-0.39, 0.29) is 11.9 Å². The lowest BCUT2D eigenvalue weighted by molar-refractivity contribution is 0.419. The van der Waals surface area contributed by atoms with E-state index >= 15 is 0 Å². The molecular weight excluding hydrogens is 469 g/mol. The van der Waals surface area contributed by atoms with Crippen molar-refractivity contribution in [2.45, 2.75) is 25.8 Å². The fraction of sp³-hybridized carbons (Fsp3) is 0.321. The van der Waals surface area contributed by atoms with E-state index in [4.69, 9.17) is 27.0 Å². The Bertz CT molecular complexity index is 1490. The molecule has 1 aliphatic rings. The molecular formula is C28H30FN7O. The van der Waals surface area contributed by atoms with Crippen molar-refractivity contribution < 1.29 is 9.13 Å². The Labute approximate surface area is 215 Å². The molecule has 190 valence electrons. The molecule has 0 aliphatic carbocycles. The van der Waals surface area contributed by atoms with Gasteiger partial charge in [-0.1, -0.05) is 6.07 Å². The van der Waals surface area contributed by atoms with Crippen molar-refractivity contribution in [2.75, 3.05) is 44.1 Å². The first-order valence-corrected chi connectivity index (χ1v) is 12.2. The summed E-state index contributed by atoms with van der Waals surface area (Å²) >= 11 is 0. The Morgan fingerprint density at radius 1 is 1.19 bits per heavy atom. The van der Waals surface area contributed by atoms with Crippen LogP contribution in [0.4, 0.5) is 21.6 Å². The monoisotopic (exact) mass is 499 g/mol. The molecule has 37 heavy (non-hydrogen) atoms. The predicted octanol–water partition coefficient (Wildman–Crippen LogP) is 5.29. The molecule has 0 unspecified atom stereocenters. The third-order valence-electron chi connectivity index (χ3n) is 6.79. The highest BCUT2D eigenvalue weighted by Gasteiger charge is 2.28. The van der Waals surface area contributed by atoms with Gasteiger partial charge in [0.2, 0.25) is 0 Å². The molecule has 1 fully saturated rings. The van der Waals surface area contributed by atoms with Gasteiger partial charge in [0.25, 0.3) is 0 Å². The summed E-state index contributed by atoms with van der Waals surface area (Å²) in [5.41, 5.74) is 12.2. The zero-order valence-corrected chi connectivity index (χ0v) is 21.5. The van der Waals surface area contributed by atoms with Crippen molar-refractivity contribution in [3.63, 3.8) is 0 Å². The molecule has 0 saturated carbocycles. The molecule has 5 rings (SSSR count). The number of halogens is 1. The van der Waals surface area contributed by atoms with E-state index in [0.717, 1.165) is 59.7 Å². The van der Waals surface area contributed by atoms with Gasteiger partial charge in [0, 0.05) is 45.0 Å². The zero-order valence-electron chi connectivity index (χ0n) is 21.5. The summed E-state index contributed by atoms with van der Waals surface area (Å²) in [6.45, 7) is 10.9. The minimum atomic E-state index is -0.292. The number of fused-ring (bicyclic) bond motifs is 1. The van der Waals surface area contributed by atoms with Gasteiger partial charge >= 0.3 is 0 Å². The SMILES string of the molecule is [C-]#[N+]c1cc(OC)c2nc(-c3c(N(C)C)ncc(-c4cc(C)cc(F)c4)c3N3CCC(N)CC3)[nH]c2c1. The van der Waals surface area contributed by atoms with Gasteiger partial charge in [-0.05, 0) is 55.2 Å². The van der Waals surface area contributed by atoms with E-state index in [1.54, 1.807) is 25.3 Å². The van der Waals surface area contributed by atoms with Gasteiger partial charge in [-0.3, -0.25) is 0 Å². The van der Waals surface area contributed by atoms with Crippen molar-refractivity contribution >= 4 is 28.2 Å². The van der Waals surface area contributed by atoms with E-state index in [2.05, 4.69) is 14.7 Å². The maximum Gasteiger partial charge on any atom is 0.193 e. The second-order valence-corrected chi connectivity index (χ2v) is 9.70. The second kappa shape index (κ2) is 9.71. The number of nitrogens with zero attached hydrogens (tertiary/aromatic N) is 5. The summed E-state index contributed by atoms with van der Waals surface area (Å²) < 4.78 is 20.1. The predicted molar refractivity (Wildman–Crippen MR) is 146 cm³/mol. The zero-order chi connectivity index (χ0) is 26.3. The quantitative estimate of drug-likeness (QED) is 0.363. The molecule has 2 aromatic carbocycles. The molecule has 0 radical (unpaired) electrons. The Morgan fingerprint density at radius 2 is 1.95 bits per heavy atom. The number of pyridine rings is 1. The minimum Gasteiger partial charge on any atom is -0.496 e. The number of nitrogens with one attached hydrogen (secondary N) is 1. The summed E-state index contributed by atoms with van der Waals surface area (Å²) in [6.07, 6.45) is 3.52. The molecule has 2 aromatic heterocycles. The molecule has 9 heteroatoms. The fourth-order valence-electron chi connectivity index (χ4n) is 5.01. The van der Waals surface area contributed by atoms with Crippen molar-refractivity contribution in [3.8, 4) is 28.3 Å². The van der Waals surface area contributed by atoms with Crippen LogP contribution in [0.15, 0.2) is 36.5 Å². The number of methoxy groups -OCH3 is 1. The topological polar surface area (TPSA) is 87.7 Å². The number of piperidine rings is 1. The highest BCUT2D eigenvalue weighted by molar-refractivity contribution is 5.97. The number of hydrogen-bond acceptors (Lipinski definition) is 6. The van der Waals surface area contributed by atoms with Crippen molar-refractivity contribution in [2.24, 2.45) is 5.73 Å². The van der Waals surface area contributed by atoms with E-state index in [9.17, 15) is 4.39 Å². The van der Waals surface area contributed by atoms with Gasteiger partial charge in [0.15, 0.2) is 5.69 Å². The van der Waals surface area contributed by atoms with Crippen LogP contribution in [-0.2, 0) is 0 Å². The molecule has 0 amide bonds. The lowest BCUT2D eigenvalue weighted by Gasteiger charge is -2.35. The van der Waals surface area contributed by atoms with Crippen LogP contribution in [0, 0.1) is 19.3 Å². The number of benzene rings is 2. The molecule has 1 saturated heterocycles. The van der Waals surface area contributed by atoms with Crippen molar-refractivity contribution in [3.05, 3.63) is 59.3 Å². The van der Waals surface area contributed by atoms with Crippen LogP contribution in [-0.4, -0.2) is 55.3 Å². The number of ether oxygens (including phenoxy) is 1. The second-order valence-electron chi connectivity index (χ2n) is 9.70. The van der Waals surface area contributed by atoms with Crippen LogP contribution in [0.25, 0.3) is 38.4 Å². The van der Waals surface area contributed by atoms with Crippen molar-refractivity contribution in [1.82, 2.24) is 15.0 Å². The Balaban J connectivity index is 1.83. The maximum absolute atomic E-state index is 14.5. The van der Waals surface area contributed by atoms with Gasteiger partial charge in [0.1, 0.15) is 28.7 Å². The molecule has 8 nitrogen and oxygen atoms in total. The third kappa shape index (κ3) is 4.56. The molecule has 0 atom stereocenters. The molecule has 1 aliphatic heterocycles. The molecule has 0 spiro atoms. The maximum atomic E-state index is 14.5. The normalized spacial score (nSPS) is 14.1. The van der Waals surface area contributed by atoms with E-state index in [0.29, 0.717) is 28.3 Å². The summed E-state index contributed by atoms with van der Waals surface area (Å²) in [6, 6.07) is 8.64. The summed E-state index contributed by atoms with van der Waals surface area (Å²) in [5, 5.41) is 0. The van der Waals surface area contributed by atoms with Crippen LogP contribution in [0.2, 0.25) is 0 Å². The number of aryl methyl sites for hydroxylation is 1. The Morgan fingerprint density at radius 3 is 2.59 bits per heavy atom. The number of rotatable bonds is 5. The number of aromatic amines is 1. The smallest absolute Gasteiger partial charge is 0.193 e. The molecule has 3 heterocycles.